The van der Waals surface area contributed by atoms with Crippen LogP contribution in [0.5, 0.6) is 0 Å². The number of aliphatic hydroxyl groups is 1. The minimum atomic E-state index is -0.446. The Hall–Kier alpha value is -0.890. The van der Waals surface area contributed by atoms with Crippen LogP contribution < -0.4 is 0 Å². The Labute approximate surface area is 66.5 Å². The van der Waals surface area contributed by atoms with E-state index in [0.29, 0.717) is 18.4 Å². The van der Waals surface area contributed by atoms with Gasteiger partial charge in [-0.05, 0) is 18.4 Å². The Morgan fingerprint density at radius 3 is 2.55 bits per heavy atom. The molecule has 0 aliphatic carbocycles. The number of hydrogen-bond donors (Lipinski definition) is 1. The Morgan fingerprint density at radius 2 is 2.18 bits per heavy atom. The third-order valence-corrected chi connectivity index (χ3v) is 1.27. The minimum Gasteiger partial charge on any atom is -0.396 e. The molecule has 0 aromatic carbocycles. The number of allylic oxidation sites excluding steroid dienone is 4. The van der Waals surface area contributed by atoms with Crippen LogP contribution in [0.25, 0.3) is 0 Å². The van der Waals surface area contributed by atoms with Crippen LogP contribution in [0.1, 0.15) is 12.8 Å². The van der Waals surface area contributed by atoms with E-state index in [1.807, 2.05) is 0 Å². The molecule has 0 heterocycles. The van der Waals surface area contributed by atoms with Crippen molar-refractivity contribution in [2.24, 2.45) is 0 Å². The number of aliphatic hydroxyl groups excluding tert-OH is 1. The Morgan fingerprint density at radius 1 is 1.55 bits per heavy atom. The molecule has 0 unspecified atom stereocenters. The highest BCUT2D eigenvalue weighted by atomic mass is 19.1. The van der Waals surface area contributed by atoms with Crippen molar-refractivity contribution >= 4 is 0 Å². The summed E-state index contributed by atoms with van der Waals surface area (Å²) in [7, 11) is 0. The van der Waals surface area contributed by atoms with Crippen LogP contribution in [0.15, 0.2) is 36.7 Å². The van der Waals surface area contributed by atoms with Gasteiger partial charge in [0.05, 0.1) is 0 Å². The molecule has 0 atom stereocenters. The van der Waals surface area contributed by atoms with Crippen molar-refractivity contribution in [1.82, 2.24) is 0 Å². The average Bonchev–Trinajstić information content (AvgIpc) is 1.97. The monoisotopic (exact) mass is 156 g/mol. The lowest BCUT2D eigenvalue weighted by Gasteiger charge is -2.00. The molecule has 0 fully saturated rings. The zero-order chi connectivity index (χ0) is 8.69. The summed E-state index contributed by atoms with van der Waals surface area (Å²) in [6.07, 6.45) is 4.15. The molecule has 1 N–H and O–H groups in total. The molecule has 0 amide bonds. The molecular formula is C9H13FO. The van der Waals surface area contributed by atoms with E-state index in [2.05, 4.69) is 13.2 Å². The highest BCUT2D eigenvalue weighted by molar-refractivity contribution is 5.25. The Balaban J connectivity index is 4.00. The second-order valence-electron chi connectivity index (χ2n) is 2.16. The van der Waals surface area contributed by atoms with E-state index in [4.69, 9.17) is 5.11 Å². The maximum absolute atomic E-state index is 12.5. The van der Waals surface area contributed by atoms with Crippen molar-refractivity contribution in [2.75, 3.05) is 6.61 Å². The van der Waals surface area contributed by atoms with Gasteiger partial charge in [0.25, 0.3) is 0 Å². The summed E-state index contributed by atoms with van der Waals surface area (Å²) in [4.78, 5) is 0. The van der Waals surface area contributed by atoms with Crippen molar-refractivity contribution in [3.63, 3.8) is 0 Å². The van der Waals surface area contributed by atoms with Crippen molar-refractivity contribution < 1.29 is 9.50 Å². The largest absolute Gasteiger partial charge is 0.396 e. The van der Waals surface area contributed by atoms with Gasteiger partial charge in [0.1, 0.15) is 5.83 Å². The lowest BCUT2D eigenvalue weighted by molar-refractivity contribution is 0.288. The van der Waals surface area contributed by atoms with Crippen LogP contribution in [0.2, 0.25) is 0 Å². The van der Waals surface area contributed by atoms with Crippen molar-refractivity contribution in [1.29, 1.82) is 0 Å². The molecule has 0 aromatic heterocycles. The van der Waals surface area contributed by atoms with Crippen LogP contribution in [-0.2, 0) is 0 Å². The van der Waals surface area contributed by atoms with E-state index in [0.717, 1.165) is 0 Å². The molecule has 0 saturated carbocycles. The van der Waals surface area contributed by atoms with Gasteiger partial charge in [-0.25, -0.2) is 4.39 Å². The molecule has 0 rings (SSSR count). The first-order valence-corrected chi connectivity index (χ1v) is 3.49. The summed E-state index contributed by atoms with van der Waals surface area (Å²) in [5.74, 6) is -0.446. The molecule has 2 heteroatoms. The topological polar surface area (TPSA) is 20.2 Å². The summed E-state index contributed by atoms with van der Waals surface area (Å²) in [6.45, 7) is 6.68. The number of hydrogen-bond acceptors (Lipinski definition) is 1. The van der Waals surface area contributed by atoms with E-state index in [-0.39, 0.29) is 6.61 Å². The molecule has 1 nitrogen and oxygen atoms in total. The second kappa shape index (κ2) is 5.86. The first kappa shape index (κ1) is 10.1. The molecule has 0 aliphatic rings. The third kappa shape index (κ3) is 4.51. The minimum absolute atomic E-state index is 0.0712. The molecule has 0 aromatic rings. The van der Waals surface area contributed by atoms with E-state index < -0.39 is 5.83 Å². The smallest absolute Gasteiger partial charge is 0.119 e. The third-order valence-electron chi connectivity index (χ3n) is 1.27. The predicted molar refractivity (Wildman–Crippen MR) is 44.8 cm³/mol. The molecular weight excluding hydrogens is 143 g/mol. The maximum Gasteiger partial charge on any atom is 0.119 e. The lowest BCUT2D eigenvalue weighted by Crippen LogP contribution is -1.87. The van der Waals surface area contributed by atoms with Crippen LogP contribution in [-0.4, -0.2) is 11.7 Å². The quantitative estimate of drug-likeness (QED) is 0.606. The first-order chi connectivity index (χ1) is 5.22. The summed E-state index contributed by atoms with van der Waals surface area (Å²) in [5, 5.41) is 8.46. The number of halogens is 1. The Bertz CT molecular complexity index is 170. The number of rotatable bonds is 5. The molecule has 0 bridgehead atoms. The van der Waals surface area contributed by atoms with Gasteiger partial charge in [-0.15, -0.1) is 0 Å². The van der Waals surface area contributed by atoms with E-state index in [1.54, 1.807) is 6.08 Å². The first-order valence-electron chi connectivity index (χ1n) is 3.49. The van der Waals surface area contributed by atoms with E-state index in [1.165, 1.54) is 6.08 Å². The molecule has 0 radical (unpaired) electrons. The summed E-state index contributed by atoms with van der Waals surface area (Å²) >= 11 is 0. The zero-order valence-electron chi connectivity index (χ0n) is 6.52. The molecule has 62 valence electrons. The molecule has 0 aliphatic heterocycles. The van der Waals surface area contributed by atoms with Crippen LogP contribution >= 0.6 is 0 Å². The highest BCUT2D eigenvalue weighted by Crippen LogP contribution is 2.14. The predicted octanol–water partition coefficient (Wildman–Crippen LogP) is 2.35. The molecule has 0 saturated heterocycles. The molecule has 0 spiro atoms. The normalized spacial score (nSPS) is 11.3. The van der Waals surface area contributed by atoms with Crippen molar-refractivity contribution in [3.05, 3.63) is 36.7 Å². The van der Waals surface area contributed by atoms with Gasteiger partial charge in [-0.2, -0.15) is 0 Å². The van der Waals surface area contributed by atoms with Gasteiger partial charge in [0.2, 0.25) is 0 Å². The summed E-state index contributed by atoms with van der Waals surface area (Å²) in [6, 6.07) is 0. The van der Waals surface area contributed by atoms with Crippen molar-refractivity contribution in [3.8, 4) is 0 Å². The highest BCUT2D eigenvalue weighted by Gasteiger charge is 1.99. The van der Waals surface area contributed by atoms with Crippen LogP contribution in [0, 0.1) is 0 Å². The van der Waals surface area contributed by atoms with Crippen LogP contribution in [0.3, 0.4) is 0 Å². The van der Waals surface area contributed by atoms with Gasteiger partial charge in [-0.3, -0.25) is 0 Å². The fourth-order valence-corrected chi connectivity index (χ4v) is 0.721. The lowest BCUT2D eigenvalue weighted by atomic mass is 10.1. The van der Waals surface area contributed by atoms with Crippen LogP contribution in [0.4, 0.5) is 4.39 Å². The fourth-order valence-electron chi connectivity index (χ4n) is 0.721. The van der Waals surface area contributed by atoms with Gasteiger partial charge in [0.15, 0.2) is 0 Å². The summed E-state index contributed by atoms with van der Waals surface area (Å²) < 4.78 is 12.5. The average molecular weight is 156 g/mol. The van der Waals surface area contributed by atoms with Gasteiger partial charge in [0, 0.05) is 6.61 Å². The SMILES string of the molecule is C=C/C=C(/CCCO)C(=C)F. The van der Waals surface area contributed by atoms with Gasteiger partial charge in [-0.1, -0.05) is 25.3 Å². The Kier molecular flexibility index (Phi) is 5.39. The molecule has 11 heavy (non-hydrogen) atoms. The summed E-state index contributed by atoms with van der Waals surface area (Å²) in [5.41, 5.74) is 0.508. The van der Waals surface area contributed by atoms with E-state index in [9.17, 15) is 4.39 Å². The van der Waals surface area contributed by atoms with Crippen molar-refractivity contribution in [2.45, 2.75) is 12.8 Å². The second-order valence-corrected chi connectivity index (χ2v) is 2.16. The van der Waals surface area contributed by atoms with E-state index >= 15 is 0 Å². The standard InChI is InChI=1S/C9H13FO/c1-3-5-9(8(2)10)6-4-7-11/h3,5,11H,1-2,4,6-7H2/b9-5-. The fraction of sp³-hybridized carbons (Fsp3) is 0.333. The van der Waals surface area contributed by atoms with Gasteiger partial charge < -0.3 is 5.11 Å². The maximum atomic E-state index is 12.5. The van der Waals surface area contributed by atoms with Gasteiger partial charge >= 0.3 is 0 Å². The zero-order valence-corrected chi connectivity index (χ0v) is 6.52.